The van der Waals surface area contributed by atoms with Gasteiger partial charge in [-0.3, -0.25) is 0 Å². The number of aromatic nitrogens is 2. The third-order valence-electron chi connectivity index (χ3n) is 4.39. The van der Waals surface area contributed by atoms with E-state index in [2.05, 4.69) is 15.3 Å². The standard InChI is InChI=1S/C19H26N4O3S/c1-4-23(16-10-12-27(24,25)13-16)19-20-11-9-18(22-19)21-15-5-7-17(8-6-15)26-14(2)3/h5-9,11,14,16H,4,10,12-13H2,1-3H3,(H,20,21,22). The van der Waals surface area contributed by atoms with Gasteiger partial charge in [-0.15, -0.1) is 0 Å². The Kier molecular flexibility index (Phi) is 5.84. The lowest BCUT2D eigenvalue weighted by Crippen LogP contribution is -2.37. The van der Waals surface area contributed by atoms with Gasteiger partial charge in [-0.05, 0) is 57.5 Å². The van der Waals surface area contributed by atoms with Crippen molar-refractivity contribution < 1.29 is 13.2 Å². The summed E-state index contributed by atoms with van der Waals surface area (Å²) in [4.78, 5) is 10.9. The molecule has 1 aromatic heterocycles. The molecule has 1 aliphatic rings. The van der Waals surface area contributed by atoms with Crippen molar-refractivity contribution in [2.24, 2.45) is 0 Å². The van der Waals surface area contributed by atoms with Gasteiger partial charge in [-0.2, -0.15) is 4.98 Å². The lowest BCUT2D eigenvalue weighted by molar-refractivity contribution is 0.242. The number of hydrogen-bond donors (Lipinski definition) is 1. The van der Waals surface area contributed by atoms with Crippen LogP contribution in [0.1, 0.15) is 27.2 Å². The normalized spacial score (nSPS) is 18.4. The van der Waals surface area contributed by atoms with Crippen LogP contribution in [0.3, 0.4) is 0 Å². The fourth-order valence-electron chi connectivity index (χ4n) is 3.18. The molecule has 1 fully saturated rings. The lowest BCUT2D eigenvalue weighted by atomic mass is 10.2. The quantitative estimate of drug-likeness (QED) is 0.778. The van der Waals surface area contributed by atoms with Gasteiger partial charge in [0.15, 0.2) is 9.84 Å². The van der Waals surface area contributed by atoms with Crippen molar-refractivity contribution in [3.63, 3.8) is 0 Å². The van der Waals surface area contributed by atoms with E-state index in [4.69, 9.17) is 4.74 Å². The summed E-state index contributed by atoms with van der Waals surface area (Å²) in [6.45, 7) is 6.63. The van der Waals surface area contributed by atoms with Crippen LogP contribution in [-0.4, -0.2) is 48.6 Å². The van der Waals surface area contributed by atoms with Crippen molar-refractivity contribution in [1.29, 1.82) is 0 Å². The van der Waals surface area contributed by atoms with Crippen molar-refractivity contribution in [2.45, 2.75) is 39.3 Å². The molecule has 1 N–H and O–H groups in total. The van der Waals surface area contributed by atoms with E-state index in [-0.39, 0.29) is 23.7 Å². The van der Waals surface area contributed by atoms with Crippen molar-refractivity contribution in [1.82, 2.24) is 9.97 Å². The maximum absolute atomic E-state index is 11.8. The second-order valence-corrected chi connectivity index (χ2v) is 9.13. The zero-order valence-electron chi connectivity index (χ0n) is 15.9. The van der Waals surface area contributed by atoms with E-state index in [0.29, 0.717) is 24.7 Å². The van der Waals surface area contributed by atoms with Crippen LogP contribution in [0.2, 0.25) is 0 Å². The minimum absolute atomic E-state index is 0.0669. The first-order chi connectivity index (χ1) is 12.9. The second kappa shape index (κ2) is 8.12. The fourth-order valence-corrected chi connectivity index (χ4v) is 4.91. The van der Waals surface area contributed by atoms with Crippen LogP contribution in [0.5, 0.6) is 5.75 Å². The van der Waals surface area contributed by atoms with E-state index in [1.807, 2.05) is 49.9 Å². The summed E-state index contributed by atoms with van der Waals surface area (Å²) in [6, 6.07) is 9.41. The van der Waals surface area contributed by atoms with Gasteiger partial charge in [0.25, 0.3) is 0 Å². The average Bonchev–Trinajstić information content (AvgIpc) is 2.97. The predicted molar refractivity (Wildman–Crippen MR) is 108 cm³/mol. The Balaban J connectivity index is 1.73. The first-order valence-corrected chi connectivity index (χ1v) is 11.0. The highest BCUT2D eigenvalue weighted by atomic mass is 32.2. The van der Waals surface area contributed by atoms with E-state index in [1.54, 1.807) is 12.3 Å². The van der Waals surface area contributed by atoms with Crippen LogP contribution >= 0.6 is 0 Å². The first-order valence-electron chi connectivity index (χ1n) is 9.20. The Morgan fingerprint density at radius 1 is 1.26 bits per heavy atom. The second-order valence-electron chi connectivity index (χ2n) is 6.90. The number of sulfone groups is 1. The molecule has 1 unspecified atom stereocenters. The molecule has 3 rings (SSSR count). The molecule has 1 aliphatic heterocycles. The maximum Gasteiger partial charge on any atom is 0.227 e. The average molecular weight is 391 g/mol. The van der Waals surface area contributed by atoms with Gasteiger partial charge in [-0.25, -0.2) is 13.4 Å². The summed E-state index contributed by atoms with van der Waals surface area (Å²) >= 11 is 0. The number of anilines is 3. The van der Waals surface area contributed by atoms with E-state index in [0.717, 1.165) is 11.4 Å². The Labute approximate surface area is 160 Å². The molecular formula is C19H26N4O3S. The van der Waals surface area contributed by atoms with Crippen LogP contribution in [0.4, 0.5) is 17.5 Å². The summed E-state index contributed by atoms with van der Waals surface area (Å²) in [7, 11) is -2.95. The fraction of sp³-hybridized carbons (Fsp3) is 0.474. The van der Waals surface area contributed by atoms with Gasteiger partial charge >= 0.3 is 0 Å². The van der Waals surface area contributed by atoms with Gasteiger partial charge in [0.1, 0.15) is 11.6 Å². The number of nitrogens with one attached hydrogen (secondary N) is 1. The van der Waals surface area contributed by atoms with E-state index >= 15 is 0 Å². The summed E-state index contributed by atoms with van der Waals surface area (Å²) < 4.78 is 29.3. The molecule has 27 heavy (non-hydrogen) atoms. The Hall–Kier alpha value is -2.35. The molecule has 2 heterocycles. The van der Waals surface area contributed by atoms with E-state index in [1.165, 1.54) is 0 Å². The molecule has 0 saturated carbocycles. The Morgan fingerprint density at radius 2 is 2.00 bits per heavy atom. The third kappa shape index (κ3) is 5.09. The van der Waals surface area contributed by atoms with Gasteiger partial charge in [0, 0.05) is 24.5 Å². The maximum atomic E-state index is 11.8. The molecule has 8 heteroatoms. The topological polar surface area (TPSA) is 84.4 Å². The van der Waals surface area contributed by atoms with Crippen LogP contribution in [-0.2, 0) is 9.84 Å². The Bertz CT molecular complexity index is 869. The molecule has 2 aromatic rings. The molecule has 1 atom stereocenters. The molecule has 1 saturated heterocycles. The highest BCUT2D eigenvalue weighted by Crippen LogP contribution is 2.24. The minimum atomic E-state index is -2.95. The highest BCUT2D eigenvalue weighted by Gasteiger charge is 2.32. The van der Waals surface area contributed by atoms with Crippen molar-refractivity contribution in [3.05, 3.63) is 36.5 Å². The van der Waals surface area contributed by atoms with Crippen molar-refractivity contribution in [3.8, 4) is 5.75 Å². The molecular weight excluding hydrogens is 364 g/mol. The first kappa shape index (κ1) is 19.4. The predicted octanol–water partition coefficient (Wildman–Crippen LogP) is 3.02. The molecule has 146 valence electrons. The number of benzene rings is 1. The van der Waals surface area contributed by atoms with E-state index in [9.17, 15) is 8.42 Å². The van der Waals surface area contributed by atoms with Crippen LogP contribution in [0, 0.1) is 0 Å². The molecule has 0 aliphatic carbocycles. The van der Waals surface area contributed by atoms with Gasteiger partial charge in [0.2, 0.25) is 5.95 Å². The van der Waals surface area contributed by atoms with Gasteiger partial charge in [-0.1, -0.05) is 0 Å². The molecule has 0 bridgehead atoms. The zero-order valence-corrected chi connectivity index (χ0v) is 16.7. The SMILES string of the molecule is CCN(c1nccc(Nc2ccc(OC(C)C)cc2)n1)C1CCS(=O)(=O)C1. The summed E-state index contributed by atoms with van der Waals surface area (Å²) in [5.74, 6) is 2.43. The molecule has 0 radical (unpaired) electrons. The zero-order chi connectivity index (χ0) is 19.4. The molecule has 7 nitrogen and oxygen atoms in total. The number of rotatable bonds is 7. The van der Waals surface area contributed by atoms with Crippen LogP contribution < -0.4 is 15.0 Å². The van der Waals surface area contributed by atoms with Crippen molar-refractivity contribution >= 4 is 27.3 Å². The minimum Gasteiger partial charge on any atom is -0.491 e. The van der Waals surface area contributed by atoms with Crippen LogP contribution in [0.15, 0.2) is 36.5 Å². The third-order valence-corrected chi connectivity index (χ3v) is 6.14. The van der Waals surface area contributed by atoms with Gasteiger partial charge < -0.3 is 15.0 Å². The lowest BCUT2D eigenvalue weighted by Gasteiger charge is -2.26. The smallest absolute Gasteiger partial charge is 0.227 e. The highest BCUT2D eigenvalue weighted by molar-refractivity contribution is 7.91. The Morgan fingerprint density at radius 3 is 2.59 bits per heavy atom. The number of nitrogens with zero attached hydrogens (tertiary/aromatic N) is 3. The number of hydrogen-bond acceptors (Lipinski definition) is 7. The summed E-state index contributed by atoms with van der Waals surface area (Å²) in [6.07, 6.45) is 2.44. The summed E-state index contributed by atoms with van der Waals surface area (Å²) in [5.41, 5.74) is 0.891. The van der Waals surface area contributed by atoms with Gasteiger partial charge in [0.05, 0.1) is 17.6 Å². The van der Waals surface area contributed by atoms with Crippen molar-refractivity contribution in [2.75, 3.05) is 28.3 Å². The number of ether oxygens (including phenoxy) is 1. The molecule has 0 amide bonds. The molecule has 1 aromatic carbocycles. The monoisotopic (exact) mass is 390 g/mol. The largest absolute Gasteiger partial charge is 0.491 e. The molecule has 0 spiro atoms. The van der Waals surface area contributed by atoms with E-state index < -0.39 is 9.84 Å². The summed E-state index contributed by atoms with van der Waals surface area (Å²) in [5, 5.41) is 3.26. The van der Waals surface area contributed by atoms with Crippen LogP contribution in [0.25, 0.3) is 0 Å².